The number of aromatic nitrogens is 1. The lowest BCUT2D eigenvalue weighted by Crippen LogP contribution is -2.43. The van der Waals surface area contributed by atoms with Gasteiger partial charge in [0, 0.05) is 24.5 Å². The summed E-state index contributed by atoms with van der Waals surface area (Å²) in [5.74, 6) is -0.443. The lowest BCUT2D eigenvalue weighted by molar-refractivity contribution is -0.118. The number of anilines is 2. The van der Waals surface area contributed by atoms with Gasteiger partial charge in [0.1, 0.15) is 15.9 Å². The number of thiophene rings is 1. The molecule has 0 aliphatic carbocycles. The van der Waals surface area contributed by atoms with Crippen LogP contribution in [0.5, 0.6) is 0 Å². The van der Waals surface area contributed by atoms with E-state index < -0.39 is 6.04 Å². The van der Waals surface area contributed by atoms with Gasteiger partial charge in [0.05, 0.1) is 10.6 Å². The molecular formula is C24H28N4O2S2. The Balaban J connectivity index is 1.45. The first-order chi connectivity index (χ1) is 15.5. The Hall–Kier alpha value is -2.71. The maximum Gasteiger partial charge on any atom is 0.263 e. The fraction of sp³-hybridized carbons (Fsp3) is 0.375. The van der Waals surface area contributed by atoms with Crippen molar-refractivity contribution in [3.8, 4) is 9.88 Å². The number of aryl methyl sites for hydroxylation is 1. The summed E-state index contributed by atoms with van der Waals surface area (Å²) in [4.78, 5) is 34.5. The second-order valence-corrected chi connectivity index (χ2v) is 9.91. The van der Waals surface area contributed by atoms with Crippen molar-refractivity contribution in [3.63, 3.8) is 0 Å². The predicted octanol–water partition coefficient (Wildman–Crippen LogP) is 5.32. The van der Waals surface area contributed by atoms with Crippen molar-refractivity contribution < 1.29 is 9.59 Å². The Morgan fingerprint density at radius 1 is 1.19 bits per heavy atom. The molecule has 2 N–H and O–H groups in total. The highest BCUT2D eigenvalue weighted by Crippen LogP contribution is 2.31. The monoisotopic (exact) mass is 468 g/mol. The number of nitrogens with one attached hydrogen (secondary N) is 2. The summed E-state index contributed by atoms with van der Waals surface area (Å²) in [6.07, 6.45) is 3.76. The second-order valence-electron chi connectivity index (χ2n) is 7.96. The van der Waals surface area contributed by atoms with Crippen LogP contribution in [0.25, 0.3) is 9.88 Å². The van der Waals surface area contributed by atoms with Gasteiger partial charge < -0.3 is 15.5 Å². The molecule has 1 aliphatic heterocycles. The summed E-state index contributed by atoms with van der Waals surface area (Å²) in [6, 6.07) is 11.3. The summed E-state index contributed by atoms with van der Waals surface area (Å²) in [5.41, 5.74) is 2.56. The molecule has 2 aromatic heterocycles. The van der Waals surface area contributed by atoms with E-state index in [1.165, 1.54) is 24.2 Å². The van der Waals surface area contributed by atoms with Crippen LogP contribution in [0.1, 0.15) is 48.0 Å². The summed E-state index contributed by atoms with van der Waals surface area (Å²) in [6.45, 7) is 5.94. The molecule has 6 nitrogen and oxygen atoms in total. The van der Waals surface area contributed by atoms with Gasteiger partial charge in [-0.25, -0.2) is 4.98 Å². The smallest absolute Gasteiger partial charge is 0.263 e. The summed E-state index contributed by atoms with van der Waals surface area (Å²) in [7, 11) is 0. The molecule has 1 unspecified atom stereocenters. The summed E-state index contributed by atoms with van der Waals surface area (Å²) < 4.78 is 0. The van der Waals surface area contributed by atoms with Gasteiger partial charge in [-0.05, 0) is 55.8 Å². The Kier molecular flexibility index (Phi) is 7.22. The number of carbonyl (C=O) groups excluding carboxylic acids is 2. The van der Waals surface area contributed by atoms with E-state index in [0.717, 1.165) is 40.8 Å². The molecule has 1 aromatic carbocycles. The topological polar surface area (TPSA) is 74.3 Å². The molecule has 2 amide bonds. The molecule has 0 radical (unpaired) electrons. The van der Waals surface area contributed by atoms with E-state index in [1.54, 1.807) is 11.3 Å². The highest BCUT2D eigenvalue weighted by molar-refractivity contribution is 7.22. The molecule has 4 rings (SSSR count). The highest BCUT2D eigenvalue weighted by atomic mass is 32.1. The van der Waals surface area contributed by atoms with E-state index in [-0.39, 0.29) is 11.8 Å². The van der Waals surface area contributed by atoms with Gasteiger partial charge in [-0.2, -0.15) is 0 Å². The van der Waals surface area contributed by atoms with E-state index in [4.69, 9.17) is 0 Å². The zero-order valence-corrected chi connectivity index (χ0v) is 20.0. The van der Waals surface area contributed by atoms with Gasteiger partial charge in [0.25, 0.3) is 5.91 Å². The van der Waals surface area contributed by atoms with Crippen LogP contribution in [-0.2, 0) is 4.79 Å². The fourth-order valence-corrected chi connectivity index (χ4v) is 5.65. The Morgan fingerprint density at radius 3 is 2.72 bits per heavy atom. The number of rotatable bonds is 8. The van der Waals surface area contributed by atoms with E-state index in [9.17, 15) is 9.59 Å². The minimum atomic E-state index is -0.602. The number of amides is 2. The minimum Gasteiger partial charge on any atom is -0.371 e. The Bertz CT molecular complexity index is 1070. The summed E-state index contributed by atoms with van der Waals surface area (Å²) in [5, 5.41) is 8.76. The van der Waals surface area contributed by atoms with Crippen LogP contribution in [0.2, 0.25) is 0 Å². The molecule has 1 saturated heterocycles. The van der Waals surface area contributed by atoms with Gasteiger partial charge in [-0.3, -0.25) is 9.59 Å². The Labute approximate surface area is 196 Å². The average molecular weight is 469 g/mol. The molecular weight excluding hydrogens is 440 g/mol. The zero-order valence-electron chi connectivity index (χ0n) is 18.4. The lowest BCUT2D eigenvalue weighted by Gasteiger charge is -2.20. The first-order valence-electron chi connectivity index (χ1n) is 11.0. The number of thiazole rings is 1. The third-order valence-electron chi connectivity index (χ3n) is 5.52. The number of hydrogen-bond donors (Lipinski definition) is 2. The fourth-order valence-electron chi connectivity index (χ4n) is 3.88. The lowest BCUT2D eigenvalue weighted by atomic mass is 10.1. The van der Waals surface area contributed by atoms with Crippen LogP contribution in [-0.4, -0.2) is 35.9 Å². The van der Waals surface area contributed by atoms with Crippen LogP contribution in [0.4, 0.5) is 11.4 Å². The standard InChI is InChI=1S/C24H28N4O2S2/c1-3-8-19(22(29)26-17-9-6-10-18(15-17)28-12-4-5-13-28)27-23(30)21-16(2)25-24(32-21)20-11-7-14-31-20/h6-7,9-11,14-15,19H,3-5,8,12-13H2,1-2H3,(H,26,29)(H,27,30). The molecule has 1 aliphatic rings. The average Bonchev–Trinajstić information content (AvgIpc) is 3.55. The molecule has 8 heteroatoms. The summed E-state index contributed by atoms with van der Waals surface area (Å²) >= 11 is 2.96. The van der Waals surface area contributed by atoms with Crippen molar-refractivity contribution in [2.45, 2.75) is 45.6 Å². The molecule has 168 valence electrons. The van der Waals surface area contributed by atoms with Crippen molar-refractivity contribution >= 4 is 45.9 Å². The van der Waals surface area contributed by atoms with Gasteiger partial charge in [0.2, 0.25) is 5.91 Å². The number of hydrogen-bond acceptors (Lipinski definition) is 6. The second kappa shape index (κ2) is 10.3. The maximum atomic E-state index is 13.0. The molecule has 3 heterocycles. The Morgan fingerprint density at radius 2 is 2.00 bits per heavy atom. The van der Waals surface area contributed by atoms with Crippen LogP contribution in [0, 0.1) is 6.92 Å². The van der Waals surface area contributed by atoms with Crippen molar-refractivity contribution in [3.05, 3.63) is 52.3 Å². The molecule has 1 atom stereocenters. The first-order valence-corrected chi connectivity index (χ1v) is 12.7. The van der Waals surface area contributed by atoms with Crippen molar-refractivity contribution in [2.24, 2.45) is 0 Å². The molecule has 1 fully saturated rings. The van der Waals surface area contributed by atoms with Crippen LogP contribution in [0.3, 0.4) is 0 Å². The van der Waals surface area contributed by atoms with Crippen molar-refractivity contribution in [1.29, 1.82) is 0 Å². The minimum absolute atomic E-state index is 0.195. The predicted molar refractivity (Wildman–Crippen MR) is 133 cm³/mol. The van der Waals surface area contributed by atoms with Gasteiger partial charge >= 0.3 is 0 Å². The van der Waals surface area contributed by atoms with Crippen LogP contribution >= 0.6 is 22.7 Å². The van der Waals surface area contributed by atoms with Crippen LogP contribution < -0.4 is 15.5 Å². The number of nitrogens with zero attached hydrogens (tertiary/aromatic N) is 2. The molecule has 3 aromatic rings. The van der Waals surface area contributed by atoms with Gasteiger partial charge in [-0.15, -0.1) is 22.7 Å². The van der Waals surface area contributed by atoms with Crippen LogP contribution in [0.15, 0.2) is 41.8 Å². The van der Waals surface area contributed by atoms with E-state index >= 15 is 0 Å². The maximum absolute atomic E-state index is 13.0. The molecule has 0 spiro atoms. The molecule has 0 saturated carbocycles. The van der Waals surface area contributed by atoms with E-state index in [2.05, 4.69) is 26.6 Å². The first kappa shape index (κ1) is 22.5. The largest absolute Gasteiger partial charge is 0.371 e. The SMILES string of the molecule is CCCC(NC(=O)c1sc(-c2cccs2)nc1C)C(=O)Nc1cccc(N2CCCC2)c1. The zero-order chi connectivity index (χ0) is 22.5. The van der Waals surface area contributed by atoms with Crippen molar-refractivity contribution in [1.82, 2.24) is 10.3 Å². The molecule has 32 heavy (non-hydrogen) atoms. The quantitative estimate of drug-likeness (QED) is 0.469. The normalized spacial score (nSPS) is 14.4. The van der Waals surface area contributed by atoms with Gasteiger partial charge in [0.15, 0.2) is 0 Å². The van der Waals surface area contributed by atoms with E-state index in [0.29, 0.717) is 17.0 Å². The molecule has 0 bridgehead atoms. The third kappa shape index (κ3) is 5.19. The third-order valence-corrected chi connectivity index (χ3v) is 7.71. The number of carbonyl (C=O) groups is 2. The van der Waals surface area contributed by atoms with E-state index in [1.807, 2.05) is 49.6 Å². The number of benzene rings is 1. The van der Waals surface area contributed by atoms with Gasteiger partial charge in [-0.1, -0.05) is 25.5 Å². The highest BCUT2D eigenvalue weighted by Gasteiger charge is 2.24. The van der Waals surface area contributed by atoms with Crippen molar-refractivity contribution in [2.75, 3.05) is 23.3 Å².